The summed E-state index contributed by atoms with van der Waals surface area (Å²) < 4.78 is 36.1. The fourth-order valence-electron chi connectivity index (χ4n) is 4.11. The third-order valence-electron chi connectivity index (χ3n) is 5.75. The predicted octanol–water partition coefficient (Wildman–Crippen LogP) is 3.65. The van der Waals surface area contributed by atoms with E-state index in [4.69, 9.17) is 9.15 Å². The zero-order valence-electron chi connectivity index (χ0n) is 18.3. The topological polar surface area (TPSA) is 88.9 Å². The molecular weight excluding hydrogens is 416 g/mol. The summed E-state index contributed by atoms with van der Waals surface area (Å²) in [4.78, 5) is 15.0. The first-order valence-corrected chi connectivity index (χ1v) is 12.6. The van der Waals surface area contributed by atoms with Crippen LogP contribution in [0.5, 0.6) is 5.75 Å². The maximum Gasteiger partial charge on any atom is 0.286 e. The summed E-state index contributed by atoms with van der Waals surface area (Å²) in [6.45, 7) is 4.89. The van der Waals surface area contributed by atoms with Crippen molar-refractivity contribution in [2.75, 3.05) is 26.7 Å². The molecule has 7 nitrogen and oxygen atoms in total. The Morgan fingerprint density at radius 3 is 2.81 bits per heavy atom. The standard InChI is InChI=1S/C23H32N2O5S/c1-3-18-9-6-7-15-25(18)16-8-14-24-23(26)21-13-12-19(30-21)17-31(27,28)22-11-5-4-10-20(22)29-2/h4-5,10-13,18H,3,6-9,14-17H2,1-2H3,(H,24,26)/t18-/m0/s1. The molecule has 2 aromatic rings. The van der Waals surface area contributed by atoms with Gasteiger partial charge in [-0.15, -0.1) is 0 Å². The molecule has 2 heterocycles. The van der Waals surface area contributed by atoms with Crippen LogP contribution in [-0.4, -0.2) is 52.0 Å². The molecule has 170 valence electrons. The zero-order valence-corrected chi connectivity index (χ0v) is 19.1. The van der Waals surface area contributed by atoms with Crippen molar-refractivity contribution in [3.8, 4) is 5.75 Å². The summed E-state index contributed by atoms with van der Waals surface area (Å²) in [7, 11) is -2.24. The van der Waals surface area contributed by atoms with Gasteiger partial charge in [-0.05, 0) is 56.5 Å². The van der Waals surface area contributed by atoms with Crippen molar-refractivity contribution in [1.29, 1.82) is 0 Å². The lowest BCUT2D eigenvalue weighted by atomic mass is 10.00. The van der Waals surface area contributed by atoms with Gasteiger partial charge in [0.05, 0.1) is 7.11 Å². The summed E-state index contributed by atoms with van der Waals surface area (Å²) in [6.07, 6.45) is 5.85. The van der Waals surface area contributed by atoms with Crippen LogP contribution in [0.1, 0.15) is 55.3 Å². The number of carbonyl (C=O) groups excluding carboxylic acids is 1. The summed E-state index contributed by atoms with van der Waals surface area (Å²) >= 11 is 0. The van der Waals surface area contributed by atoms with Gasteiger partial charge in [0.2, 0.25) is 0 Å². The number of methoxy groups -OCH3 is 1. The quantitative estimate of drug-likeness (QED) is 0.558. The third kappa shape index (κ3) is 6.11. The first kappa shape index (κ1) is 23.3. The van der Waals surface area contributed by atoms with Crippen molar-refractivity contribution < 1.29 is 22.4 Å². The fraction of sp³-hybridized carbons (Fsp3) is 0.522. The van der Waals surface area contributed by atoms with E-state index < -0.39 is 9.84 Å². The lowest BCUT2D eigenvalue weighted by Crippen LogP contribution is -2.40. The van der Waals surface area contributed by atoms with Crippen molar-refractivity contribution in [3.63, 3.8) is 0 Å². The molecule has 1 fully saturated rings. The minimum absolute atomic E-state index is 0.1000. The molecule has 0 spiro atoms. The van der Waals surface area contributed by atoms with Crippen LogP contribution in [0.3, 0.4) is 0 Å². The molecule has 8 heteroatoms. The van der Waals surface area contributed by atoms with Gasteiger partial charge in [0, 0.05) is 19.1 Å². The second-order valence-corrected chi connectivity index (χ2v) is 9.84. The predicted molar refractivity (Wildman–Crippen MR) is 119 cm³/mol. The van der Waals surface area contributed by atoms with Crippen LogP contribution < -0.4 is 10.1 Å². The molecule has 3 rings (SSSR count). The van der Waals surface area contributed by atoms with Crippen LogP contribution >= 0.6 is 0 Å². The highest BCUT2D eigenvalue weighted by atomic mass is 32.2. The van der Waals surface area contributed by atoms with Gasteiger partial charge in [-0.3, -0.25) is 4.79 Å². The monoisotopic (exact) mass is 448 g/mol. The van der Waals surface area contributed by atoms with Gasteiger partial charge < -0.3 is 19.4 Å². The molecule has 1 amide bonds. The Bertz CT molecular complexity index is 970. The smallest absolute Gasteiger partial charge is 0.286 e. The summed E-state index contributed by atoms with van der Waals surface area (Å²) in [6, 6.07) is 10.1. The van der Waals surface area contributed by atoms with Crippen LogP contribution in [0, 0.1) is 0 Å². The Kier molecular flexibility index (Phi) is 8.15. The zero-order chi connectivity index (χ0) is 22.3. The molecule has 31 heavy (non-hydrogen) atoms. The Labute approximate surface area is 184 Å². The molecule has 0 radical (unpaired) electrons. The average molecular weight is 449 g/mol. The highest BCUT2D eigenvalue weighted by Crippen LogP contribution is 2.26. The number of hydrogen-bond acceptors (Lipinski definition) is 6. The molecule has 1 aromatic carbocycles. The van der Waals surface area contributed by atoms with E-state index in [0.29, 0.717) is 12.6 Å². The number of benzene rings is 1. The second-order valence-electron chi connectivity index (χ2n) is 7.88. The molecule has 1 aliphatic rings. The highest BCUT2D eigenvalue weighted by Gasteiger charge is 2.23. The van der Waals surface area contributed by atoms with Gasteiger partial charge in [-0.1, -0.05) is 25.5 Å². The Balaban J connectivity index is 1.51. The number of ether oxygens (including phenoxy) is 1. The van der Waals surface area contributed by atoms with Crippen molar-refractivity contribution in [2.24, 2.45) is 0 Å². The molecule has 1 N–H and O–H groups in total. The number of furan rings is 1. The van der Waals surface area contributed by atoms with Crippen molar-refractivity contribution in [1.82, 2.24) is 10.2 Å². The first-order valence-electron chi connectivity index (χ1n) is 10.9. The summed E-state index contributed by atoms with van der Waals surface area (Å²) in [5.74, 6) is -0.0453. The molecular formula is C23H32N2O5S. The molecule has 1 aliphatic heterocycles. The minimum atomic E-state index is -3.67. The number of nitrogens with one attached hydrogen (secondary N) is 1. The van der Waals surface area contributed by atoms with E-state index in [1.165, 1.54) is 51.0 Å². The van der Waals surface area contributed by atoms with E-state index in [1.54, 1.807) is 18.2 Å². The highest BCUT2D eigenvalue weighted by molar-refractivity contribution is 7.90. The van der Waals surface area contributed by atoms with Crippen molar-refractivity contribution in [3.05, 3.63) is 47.9 Å². The first-order chi connectivity index (χ1) is 14.9. The van der Waals surface area contributed by atoms with Gasteiger partial charge in [0.1, 0.15) is 22.2 Å². The number of nitrogens with zero attached hydrogens (tertiary/aromatic N) is 1. The van der Waals surface area contributed by atoms with Crippen LogP contribution in [0.25, 0.3) is 0 Å². The third-order valence-corrected chi connectivity index (χ3v) is 7.42. The van der Waals surface area contributed by atoms with Gasteiger partial charge >= 0.3 is 0 Å². The number of amides is 1. The summed E-state index contributed by atoms with van der Waals surface area (Å²) in [5, 5.41) is 2.87. The van der Waals surface area contributed by atoms with E-state index in [0.717, 1.165) is 19.5 Å². The number of sulfone groups is 1. The van der Waals surface area contributed by atoms with Gasteiger partial charge in [-0.2, -0.15) is 0 Å². The summed E-state index contributed by atoms with van der Waals surface area (Å²) in [5.41, 5.74) is 0. The molecule has 0 saturated carbocycles. The van der Waals surface area contributed by atoms with Crippen LogP contribution in [-0.2, 0) is 15.6 Å². The van der Waals surface area contributed by atoms with Crippen LogP contribution in [0.2, 0.25) is 0 Å². The lowest BCUT2D eigenvalue weighted by Gasteiger charge is -2.35. The largest absolute Gasteiger partial charge is 0.495 e. The number of hydrogen-bond donors (Lipinski definition) is 1. The molecule has 0 bridgehead atoms. The molecule has 1 atom stereocenters. The molecule has 0 unspecified atom stereocenters. The van der Waals surface area contributed by atoms with E-state index >= 15 is 0 Å². The van der Waals surface area contributed by atoms with E-state index in [9.17, 15) is 13.2 Å². The number of piperidine rings is 1. The van der Waals surface area contributed by atoms with Crippen LogP contribution in [0.4, 0.5) is 0 Å². The molecule has 1 aromatic heterocycles. The number of carbonyl (C=O) groups is 1. The number of para-hydroxylation sites is 1. The normalized spacial score (nSPS) is 17.4. The Morgan fingerprint density at radius 2 is 2.03 bits per heavy atom. The average Bonchev–Trinajstić information content (AvgIpc) is 3.24. The SMILES string of the molecule is CC[C@H]1CCCCN1CCCNC(=O)c1ccc(CS(=O)(=O)c2ccccc2OC)o1. The van der Waals surface area contributed by atoms with Crippen molar-refractivity contribution >= 4 is 15.7 Å². The number of likely N-dealkylation sites (tertiary alicyclic amines) is 1. The Morgan fingerprint density at radius 1 is 1.23 bits per heavy atom. The number of rotatable bonds is 10. The Hall–Kier alpha value is -2.32. The van der Waals surface area contributed by atoms with Gasteiger partial charge in [-0.25, -0.2) is 8.42 Å². The second kappa shape index (κ2) is 10.8. The minimum Gasteiger partial charge on any atom is -0.495 e. The van der Waals surface area contributed by atoms with E-state index in [1.807, 2.05) is 0 Å². The van der Waals surface area contributed by atoms with Gasteiger partial charge in [0.25, 0.3) is 5.91 Å². The molecule has 0 aliphatic carbocycles. The molecule has 1 saturated heterocycles. The fourth-order valence-corrected chi connectivity index (χ4v) is 5.54. The van der Waals surface area contributed by atoms with E-state index in [2.05, 4.69) is 17.1 Å². The van der Waals surface area contributed by atoms with Crippen molar-refractivity contribution in [2.45, 2.75) is 55.7 Å². The maximum atomic E-state index is 12.7. The van der Waals surface area contributed by atoms with Crippen LogP contribution in [0.15, 0.2) is 45.7 Å². The van der Waals surface area contributed by atoms with Gasteiger partial charge in [0.15, 0.2) is 15.6 Å². The van der Waals surface area contributed by atoms with E-state index in [-0.39, 0.29) is 33.8 Å². The maximum absolute atomic E-state index is 12.7. The lowest BCUT2D eigenvalue weighted by molar-refractivity contribution is 0.0918.